The second-order valence-electron chi connectivity index (χ2n) is 6.11. The maximum absolute atomic E-state index is 12.9. The molecule has 3 nitrogen and oxygen atoms in total. The van der Waals surface area contributed by atoms with E-state index in [2.05, 4.69) is 11.4 Å². The average molecular weight is 354 g/mol. The van der Waals surface area contributed by atoms with Crippen LogP contribution in [0.25, 0.3) is 6.08 Å². The molecule has 0 spiro atoms. The van der Waals surface area contributed by atoms with E-state index >= 15 is 0 Å². The summed E-state index contributed by atoms with van der Waals surface area (Å²) in [6, 6.07) is 8.19. The summed E-state index contributed by atoms with van der Waals surface area (Å²) in [5.74, 6) is -0.591. The van der Waals surface area contributed by atoms with Crippen LogP contribution in [-0.4, -0.2) is 5.91 Å². The third-order valence-corrected chi connectivity index (χ3v) is 5.52. The van der Waals surface area contributed by atoms with E-state index in [4.69, 9.17) is 0 Å². The maximum atomic E-state index is 12.9. The first-order chi connectivity index (χ1) is 12.2. The number of hydrogen-bond donors (Lipinski definition) is 1. The van der Waals surface area contributed by atoms with E-state index in [1.807, 2.05) is 0 Å². The number of carbonyl (C=O) groups is 1. The highest BCUT2D eigenvalue weighted by atomic mass is 32.1. The molecule has 1 heterocycles. The summed E-state index contributed by atoms with van der Waals surface area (Å²) in [5, 5.41) is 13.0. The fourth-order valence-corrected chi connectivity index (χ4v) is 4.27. The molecule has 0 atom stereocenters. The van der Waals surface area contributed by atoms with Crippen molar-refractivity contribution in [2.75, 3.05) is 5.32 Å². The van der Waals surface area contributed by atoms with Gasteiger partial charge in [-0.1, -0.05) is 25.0 Å². The second kappa shape index (κ2) is 8.09. The van der Waals surface area contributed by atoms with Crippen LogP contribution in [0, 0.1) is 17.1 Å². The van der Waals surface area contributed by atoms with Crippen LogP contribution in [-0.2, 0) is 17.6 Å². The zero-order valence-electron chi connectivity index (χ0n) is 13.8. The van der Waals surface area contributed by atoms with Gasteiger partial charge in [0.25, 0.3) is 0 Å². The summed E-state index contributed by atoms with van der Waals surface area (Å²) in [4.78, 5) is 13.4. The molecule has 1 amide bonds. The van der Waals surface area contributed by atoms with E-state index in [1.165, 1.54) is 47.3 Å². The van der Waals surface area contributed by atoms with Crippen molar-refractivity contribution in [3.63, 3.8) is 0 Å². The van der Waals surface area contributed by atoms with Gasteiger partial charge < -0.3 is 5.32 Å². The largest absolute Gasteiger partial charge is 0.313 e. The molecule has 128 valence electrons. The summed E-state index contributed by atoms with van der Waals surface area (Å²) >= 11 is 1.52. The summed E-state index contributed by atoms with van der Waals surface area (Å²) < 4.78 is 12.9. The fraction of sp³-hybridized carbons (Fsp3) is 0.300. The summed E-state index contributed by atoms with van der Waals surface area (Å²) in [7, 11) is 0. The first-order valence-corrected chi connectivity index (χ1v) is 9.28. The molecule has 3 rings (SSSR count). The molecule has 0 aliphatic heterocycles. The highest BCUT2D eigenvalue weighted by Gasteiger charge is 2.19. The molecular weight excluding hydrogens is 335 g/mol. The van der Waals surface area contributed by atoms with E-state index in [-0.39, 0.29) is 11.7 Å². The quantitative estimate of drug-likeness (QED) is 0.782. The molecule has 25 heavy (non-hydrogen) atoms. The van der Waals surface area contributed by atoms with Crippen molar-refractivity contribution in [1.82, 2.24) is 0 Å². The van der Waals surface area contributed by atoms with E-state index in [9.17, 15) is 14.4 Å². The van der Waals surface area contributed by atoms with Crippen LogP contribution in [0.4, 0.5) is 9.39 Å². The van der Waals surface area contributed by atoms with Crippen molar-refractivity contribution in [2.45, 2.75) is 38.5 Å². The maximum Gasteiger partial charge on any atom is 0.249 e. The van der Waals surface area contributed by atoms with Gasteiger partial charge in [0.05, 0.1) is 5.56 Å². The molecule has 0 bridgehead atoms. The van der Waals surface area contributed by atoms with Crippen molar-refractivity contribution in [3.8, 4) is 6.07 Å². The number of amides is 1. The van der Waals surface area contributed by atoms with Crippen LogP contribution < -0.4 is 5.32 Å². The first kappa shape index (κ1) is 17.4. The molecule has 0 radical (unpaired) electrons. The zero-order chi connectivity index (χ0) is 17.6. The number of carbonyl (C=O) groups excluding carboxylic acids is 1. The Balaban J connectivity index is 1.75. The monoisotopic (exact) mass is 354 g/mol. The molecule has 0 unspecified atom stereocenters. The molecule has 1 aromatic carbocycles. The molecule has 1 N–H and O–H groups in total. The number of anilines is 1. The molecule has 2 aromatic rings. The van der Waals surface area contributed by atoms with Crippen LogP contribution in [0.15, 0.2) is 30.3 Å². The number of rotatable bonds is 3. The van der Waals surface area contributed by atoms with Gasteiger partial charge in [-0.2, -0.15) is 5.26 Å². The Morgan fingerprint density at radius 3 is 2.60 bits per heavy atom. The highest BCUT2D eigenvalue weighted by Crippen LogP contribution is 2.36. The fourth-order valence-electron chi connectivity index (χ4n) is 3.03. The number of nitrogens with one attached hydrogen (secondary N) is 1. The molecule has 0 saturated heterocycles. The predicted octanol–water partition coefficient (Wildman–Crippen LogP) is 5.07. The van der Waals surface area contributed by atoms with Crippen molar-refractivity contribution in [1.29, 1.82) is 5.26 Å². The number of aryl methyl sites for hydroxylation is 1. The molecular formula is C20H19FN2OS. The highest BCUT2D eigenvalue weighted by molar-refractivity contribution is 7.16. The third kappa shape index (κ3) is 4.34. The van der Waals surface area contributed by atoms with Gasteiger partial charge in [0.15, 0.2) is 0 Å². The Morgan fingerprint density at radius 1 is 1.16 bits per heavy atom. The Kier molecular flexibility index (Phi) is 5.62. The smallest absolute Gasteiger partial charge is 0.249 e. The number of benzene rings is 1. The standard InChI is InChI=1S/C20H19FN2OS/c21-15-10-7-14(8-11-15)9-12-19(24)23-20-17(13-22)16-5-3-1-2-4-6-18(16)25-20/h7-12H,1-6H2,(H,23,24). The number of hydrogen-bond acceptors (Lipinski definition) is 3. The lowest BCUT2D eigenvalue weighted by molar-refractivity contribution is -0.111. The molecule has 1 aromatic heterocycles. The first-order valence-electron chi connectivity index (χ1n) is 8.46. The lowest BCUT2D eigenvalue weighted by Gasteiger charge is -2.08. The number of nitriles is 1. The van der Waals surface area contributed by atoms with Crippen LogP contribution >= 0.6 is 11.3 Å². The molecule has 0 saturated carbocycles. The van der Waals surface area contributed by atoms with Gasteiger partial charge in [0.1, 0.15) is 16.9 Å². The normalized spacial score (nSPS) is 14.4. The van der Waals surface area contributed by atoms with Gasteiger partial charge in [0.2, 0.25) is 5.91 Å². The minimum absolute atomic E-state index is 0.282. The molecule has 0 fully saturated rings. The number of nitrogens with zero attached hydrogens (tertiary/aromatic N) is 1. The minimum atomic E-state index is -0.309. The van der Waals surface area contributed by atoms with Gasteiger partial charge >= 0.3 is 0 Å². The van der Waals surface area contributed by atoms with Crippen LogP contribution in [0.2, 0.25) is 0 Å². The lowest BCUT2D eigenvalue weighted by atomic mass is 9.97. The van der Waals surface area contributed by atoms with Crippen molar-refractivity contribution in [2.24, 2.45) is 0 Å². The zero-order valence-corrected chi connectivity index (χ0v) is 14.7. The van der Waals surface area contributed by atoms with Crippen molar-refractivity contribution in [3.05, 3.63) is 57.7 Å². The average Bonchev–Trinajstić information content (AvgIpc) is 2.90. The number of thiophene rings is 1. The van der Waals surface area contributed by atoms with E-state index in [0.717, 1.165) is 36.8 Å². The number of halogens is 1. The van der Waals surface area contributed by atoms with Gasteiger partial charge in [-0.25, -0.2) is 4.39 Å². The molecule has 1 aliphatic carbocycles. The Labute approximate surface area is 150 Å². The lowest BCUT2D eigenvalue weighted by Crippen LogP contribution is -2.07. The molecule has 5 heteroatoms. The SMILES string of the molecule is N#Cc1c(NC(=O)C=Cc2ccc(F)cc2)sc2c1CCCCCC2. The Hall–Kier alpha value is -2.45. The van der Waals surface area contributed by atoms with Gasteiger partial charge in [-0.15, -0.1) is 11.3 Å². The Bertz CT molecular complexity index is 831. The van der Waals surface area contributed by atoms with E-state index in [1.54, 1.807) is 18.2 Å². The number of fused-ring (bicyclic) bond motifs is 1. The predicted molar refractivity (Wildman–Crippen MR) is 99.0 cm³/mol. The Morgan fingerprint density at radius 2 is 1.88 bits per heavy atom. The molecule has 1 aliphatic rings. The van der Waals surface area contributed by atoms with Crippen LogP contribution in [0.1, 0.15) is 47.3 Å². The second-order valence-corrected chi connectivity index (χ2v) is 7.21. The van der Waals surface area contributed by atoms with Gasteiger partial charge in [-0.05, 0) is 55.0 Å². The third-order valence-electron chi connectivity index (χ3n) is 4.32. The summed E-state index contributed by atoms with van der Waals surface area (Å²) in [6.07, 6.45) is 9.58. The van der Waals surface area contributed by atoms with Crippen molar-refractivity contribution >= 4 is 28.3 Å². The van der Waals surface area contributed by atoms with Crippen LogP contribution in [0.3, 0.4) is 0 Å². The van der Waals surface area contributed by atoms with E-state index < -0.39 is 0 Å². The summed E-state index contributed by atoms with van der Waals surface area (Å²) in [5.41, 5.74) is 2.48. The van der Waals surface area contributed by atoms with E-state index in [0.29, 0.717) is 10.6 Å². The minimum Gasteiger partial charge on any atom is -0.313 e. The van der Waals surface area contributed by atoms with Crippen LogP contribution in [0.5, 0.6) is 0 Å². The van der Waals surface area contributed by atoms with Crippen molar-refractivity contribution < 1.29 is 9.18 Å². The summed E-state index contributed by atoms with van der Waals surface area (Å²) in [6.45, 7) is 0. The topological polar surface area (TPSA) is 52.9 Å². The van der Waals surface area contributed by atoms with Gasteiger partial charge in [0, 0.05) is 11.0 Å². The van der Waals surface area contributed by atoms with Gasteiger partial charge in [-0.3, -0.25) is 4.79 Å².